The van der Waals surface area contributed by atoms with Crippen LogP contribution in [-0.4, -0.2) is 89.9 Å². The number of anilines is 2. The van der Waals surface area contributed by atoms with Gasteiger partial charge in [0.1, 0.15) is 24.7 Å². The number of nitriles is 1. The molecule has 0 spiro atoms. The Balaban J connectivity index is 1.48. The van der Waals surface area contributed by atoms with E-state index in [0.717, 1.165) is 24.8 Å². The van der Waals surface area contributed by atoms with E-state index in [4.69, 9.17) is 48.1 Å². The number of carbonyl (C=O) groups is 1. The number of hydrogen-bond donors (Lipinski definition) is 1. The SMILES string of the molecule is CC(F)C(=O)N1CCN(c2nc(OC[C@@H]3CCCN3CCF)nc3cc(-c4cc(N)cc(Cl)c4Cl)c4ccoc4c23)C[C@@H]1CC#N. The molecule has 10 nitrogen and oxygen atoms in total. The average molecular weight is 673 g/mol. The molecule has 1 amide bonds. The van der Waals surface area contributed by atoms with Crippen LogP contribution in [0.25, 0.3) is 33.0 Å². The zero-order chi connectivity index (χ0) is 32.5. The molecule has 2 saturated heterocycles. The van der Waals surface area contributed by atoms with Crippen LogP contribution in [0.2, 0.25) is 10.0 Å². The van der Waals surface area contributed by atoms with Crippen LogP contribution >= 0.6 is 23.2 Å². The fourth-order valence-corrected chi connectivity index (χ4v) is 6.96. The van der Waals surface area contributed by atoms with Crippen molar-refractivity contribution in [2.75, 3.05) is 56.6 Å². The van der Waals surface area contributed by atoms with Crippen LogP contribution in [0.1, 0.15) is 26.2 Å². The van der Waals surface area contributed by atoms with Crippen molar-refractivity contribution in [3.8, 4) is 23.2 Å². The largest absolute Gasteiger partial charge is 0.463 e. The normalized spacial score (nSPS) is 19.6. The maximum absolute atomic E-state index is 14.1. The molecule has 2 aromatic heterocycles. The smallest absolute Gasteiger partial charge is 0.319 e. The van der Waals surface area contributed by atoms with Gasteiger partial charge in [-0.25, -0.2) is 8.78 Å². The van der Waals surface area contributed by atoms with Crippen molar-refractivity contribution < 1.29 is 22.7 Å². The van der Waals surface area contributed by atoms with Crippen molar-refractivity contribution in [2.45, 2.75) is 44.4 Å². The number of aromatic nitrogens is 2. The summed E-state index contributed by atoms with van der Waals surface area (Å²) in [5.41, 5.74) is 8.84. The molecule has 2 aromatic carbocycles. The van der Waals surface area contributed by atoms with Crippen molar-refractivity contribution in [3.63, 3.8) is 0 Å². The summed E-state index contributed by atoms with van der Waals surface area (Å²) in [5, 5.41) is 11.5. The number of nitrogens with zero attached hydrogens (tertiary/aromatic N) is 6. The van der Waals surface area contributed by atoms with Crippen molar-refractivity contribution in [1.82, 2.24) is 19.8 Å². The molecule has 0 aliphatic carbocycles. The lowest BCUT2D eigenvalue weighted by molar-refractivity contribution is -0.138. The average Bonchev–Trinajstić information content (AvgIpc) is 3.71. The standard InChI is InChI=1S/C32H33Cl2F2N7O3/c1-18(36)31(44)43-11-10-42(16-20(43)4-7-37)30-27-26(39-32(40-30)46-17-21-3-2-8-41(21)9-6-35)15-23(22-5-12-45-29(22)27)24-13-19(38)14-25(33)28(24)34/h5,12-15,18,20-21H,2-4,6,8-11,16-17,38H2,1H3/t18?,20-,21-/m0/s1. The molecular weight excluding hydrogens is 639 g/mol. The number of halogens is 4. The number of likely N-dealkylation sites (tertiary alicyclic amines) is 1. The van der Waals surface area contributed by atoms with Gasteiger partial charge in [-0.3, -0.25) is 9.69 Å². The highest BCUT2D eigenvalue weighted by atomic mass is 35.5. The molecule has 2 aliphatic heterocycles. The topological polar surface area (TPSA) is 125 Å². The number of nitrogen functional groups attached to an aromatic ring is 1. The van der Waals surface area contributed by atoms with Crippen LogP contribution in [0, 0.1) is 11.3 Å². The van der Waals surface area contributed by atoms with Gasteiger partial charge in [-0.2, -0.15) is 15.2 Å². The molecule has 2 fully saturated rings. The van der Waals surface area contributed by atoms with Crippen molar-refractivity contribution in [1.29, 1.82) is 5.26 Å². The van der Waals surface area contributed by atoms with Crippen LogP contribution in [0.15, 0.2) is 34.9 Å². The van der Waals surface area contributed by atoms with Crippen LogP contribution in [-0.2, 0) is 4.79 Å². The molecule has 242 valence electrons. The number of alkyl halides is 2. The Kier molecular flexibility index (Phi) is 9.36. The van der Waals surface area contributed by atoms with E-state index < -0.39 is 24.8 Å². The number of nitrogens with two attached hydrogens (primary N) is 1. The predicted octanol–water partition coefficient (Wildman–Crippen LogP) is 6.03. The fourth-order valence-electron chi connectivity index (χ4n) is 6.52. The summed E-state index contributed by atoms with van der Waals surface area (Å²) in [5.74, 6) is -0.166. The first-order valence-electron chi connectivity index (χ1n) is 15.2. The van der Waals surface area contributed by atoms with Gasteiger partial charge in [0.25, 0.3) is 5.91 Å². The summed E-state index contributed by atoms with van der Waals surface area (Å²) in [6, 6.07) is 8.66. The molecule has 0 radical (unpaired) electrons. The highest BCUT2D eigenvalue weighted by Gasteiger charge is 2.35. The Labute approximate surface area is 274 Å². The Hall–Kier alpha value is -3.92. The quantitative estimate of drug-likeness (QED) is 0.212. The van der Waals surface area contributed by atoms with Crippen LogP contribution in [0.4, 0.5) is 20.3 Å². The summed E-state index contributed by atoms with van der Waals surface area (Å²) in [6.45, 7) is 2.90. The van der Waals surface area contributed by atoms with E-state index in [1.165, 1.54) is 11.8 Å². The number of hydrogen-bond acceptors (Lipinski definition) is 9. The van der Waals surface area contributed by atoms with Gasteiger partial charge in [0.05, 0.1) is 45.7 Å². The zero-order valence-corrected chi connectivity index (χ0v) is 26.7. The number of rotatable bonds is 9. The first-order valence-corrected chi connectivity index (χ1v) is 15.9. The van der Waals surface area contributed by atoms with E-state index in [-0.39, 0.29) is 38.2 Å². The second-order valence-electron chi connectivity index (χ2n) is 11.6. The van der Waals surface area contributed by atoms with E-state index >= 15 is 0 Å². The maximum Gasteiger partial charge on any atom is 0.319 e. The van der Waals surface area contributed by atoms with Gasteiger partial charge >= 0.3 is 6.01 Å². The minimum Gasteiger partial charge on any atom is -0.463 e. The fraction of sp³-hybridized carbons (Fsp3) is 0.438. The molecule has 2 aliphatic rings. The van der Waals surface area contributed by atoms with Gasteiger partial charge in [0.2, 0.25) is 0 Å². The molecule has 4 aromatic rings. The number of fused-ring (bicyclic) bond motifs is 3. The minimum atomic E-state index is -1.69. The molecule has 0 saturated carbocycles. The maximum atomic E-state index is 14.1. The second-order valence-corrected chi connectivity index (χ2v) is 12.4. The van der Waals surface area contributed by atoms with Crippen LogP contribution < -0.4 is 15.4 Å². The van der Waals surface area contributed by atoms with Gasteiger partial charge in [-0.15, -0.1) is 0 Å². The molecule has 46 heavy (non-hydrogen) atoms. The Morgan fingerprint density at radius 2 is 2.04 bits per heavy atom. The number of ether oxygens (including phenoxy) is 1. The summed E-state index contributed by atoms with van der Waals surface area (Å²) >= 11 is 13.1. The molecule has 2 N–H and O–H groups in total. The molecule has 4 heterocycles. The summed E-state index contributed by atoms with van der Waals surface area (Å²) < 4.78 is 39.5. The first kappa shape index (κ1) is 32.0. The summed E-state index contributed by atoms with van der Waals surface area (Å²) in [7, 11) is 0. The van der Waals surface area contributed by atoms with Gasteiger partial charge in [-0.1, -0.05) is 23.2 Å². The third kappa shape index (κ3) is 6.11. The predicted molar refractivity (Wildman–Crippen MR) is 174 cm³/mol. The number of piperazine rings is 1. The van der Waals surface area contributed by atoms with Gasteiger partial charge in [0.15, 0.2) is 6.17 Å². The van der Waals surface area contributed by atoms with Gasteiger partial charge in [-0.05, 0) is 56.1 Å². The number of benzene rings is 2. The van der Waals surface area contributed by atoms with Crippen LogP contribution in [0.5, 0.6) is 6.01 Å². The number of carbonyl (C=O) groups excluding carboxylic acids is 1. The van der Waals surface area contributed by atoms with E-state index in [9.17, 15) is 18.8 Å². The summed E-state index contributed by atoms with van der Waals surface area (Å²) in [4.78, 5) is 27.7. The van der Waals surface area contributed by atoms with E-state index in [1.807, 2.05) is 17.0 Å². The lowest BCUT2D eigenvalue weighted by atomic mass is 9.98. The van der Waals surface area contributed by atoms with Gasteiger partial charge in [0, 0.05) is 48.9 Å². The van der Waals surface area contributed by atoms with Crippen molar-refractivity contribution in [3.05, 3.63) is 40.6 Å². The van der Waals surface area contributed by atoms with Crippen molar-refractivity contribution in [2.24, 2.45) is 0 Å². The van der Waals surface area contributed by atoms with Gasteiger partial charge < -0.3 is 24.7 Å². The highest BCUT2D eigenvalue weighted by Crippen LogP contribution is 2.44. The Bertz CT molecular complexity index is 1810. The Morgan fingerprint density at radius 1 is 1.22 bits per heavy atom. The molecule has 6 rings (SSSR count). The second kappa shape index (κ2) is 13.4. The molecule has 1 unspecified atom stereocenters. The molecular formula is C32H33Cl2F2N7O3. The monoisotopic (exact) mass is 671 g/mol. The highest BCUT2D eigenvalue weighted by molar-refractivity contribution is 6.44. The third-order valence-corrected chi connectivity index (χ3v) is 9.51. The lowest BCUT2D eigenvalue weighted by Gasteiger charge is -2.41. The van der Waals surface area contributed by atoms with E-state index in [1.54, 1.807) is 18.4 Å². The number of amides is 1. The van der Waals surface area contributed by atoms with Crippen LogP contribution in [0.3, 0.4) is 0 Å². The minimum absolute atomic E-state index is 0.0163. The van der Waals surface area contributed by atoms with E-state index in [2.05, 4.69) is 11.0 Å². The third-order valence-electron chi connectivity index (χ3n) is 8.71. The first-order chi connectivity index (χ1) is 22.2. The summed E-state index contributed by atoms with van der Waals surface area (Å²) in [6.07, 6.45) is 1.70. The Morgan fingerprint density at radius 3 is 2.80 bits per heavy atom. The zero-order valence-electron chi connectivity index (χ0n) is 25.2. The van der Waals surface area contributed by atoms with E-state index in [0.29, 0.717) is 62.3 Å². The molecule has 0 bridgehead atoms. The molecule has 14 heteroatoms. The lowest BCUT2D eigenvalue weighted by Crippen LogP contribution is -2.56. The molecule has 3 atom stereocenters. The van der Waals surface area contributed by atoms with Crippen molar-refractivity contribution >= 4 is 62.5 Å². The number of furan rings is 1.